The maximum absolute atomic E-state index is 9.17. The smallest absolute Gasteiger partial charge is 0.164 e. The van der Waals surface area contributed by atoms with E-state index >= 15 is 0 Å². The van der Waals surface area contributed by atoms with Gasteiger partial charge < -0.3 is 19.3 Å². The Bertz CT molecular complexity index is 428. The molecule has 0 saturated carbocycles. The van der Waals surface area contributed by atoms with E-state index in [0.29, 0.717) is 11.7 Å². The minimum Gasteiger partial charge on any atom is -0.496 e. The van der Waals surface area contributed by atoms with Crippen molar-refractivity contribution in [2.24, 2.45) is 0 Å². The Morgan fingerprint density at radius 2 is 1.89 bits per heavy atom. The Hall–Kier alpha value is -1.42. The van der Waals surface area contributed by atoms with E-state index in [9.17, 15) is 0 Å². The molecule has 0 spiro atoms. The maximum Gasteiger partial charge on any atom is 0.164 e. The number of benzene rings is 1. The lowest BCUT2D eigenvalue weighted by Gasteiger charge is -2.18. The second-order valence-corrected chi connectivity index (χ2v) is 4.45. The summed E-state index contributed by atoms with van der Waals surface area (Å²) >= 11 is 0. The molecule has 1 atom stereocenters. The summed E-state index contributed by atoms with van der Waals surface area (Å²) in [5.41, 5.74) is 2.33. The summed E-state index contributed by atoms with van der Waals surface area (Å²) in [6.07, 6.45) is 2.74. The van der Waals surface area contributed by atoms with Crippen LogP contribution in [-0.2, 0) is 6.42 Å². The summed E-state index contributed by atoms with van der Waals surface area (Å²) in [6.45, 7) is 0.187. The minimum absolute atomic E-state index is 0.187. The molecule has 1 aliphatic carbocycles. The molecule has 0 fully saturated rings. The quantitative estimate of drug-likeness (QED) is 0.872. The van der Waals surface area contributed by atoms with E-state index in [-0.39, 0.29) is 6.61 Å². The summed E-state index contributed by atoms with van der Waals surface area (Å²) in [7, 11) is 4.94. The zero-order valence-corrected chi connectivity index (χ0v) is 11.2. The summed E-state index contributed by atoms with van der Waals surface area (Å²) in [5, 5.41) is 9.17. The largest absolute Gasteiger partial charge is 0.496 e. The molecule has 1 aromatic carbocycles. The maximum atomic E-state index is 9.17. The highest BCUT2D eigenvalue weighted by atomic mass is 16.5. The molecule has 1 unspecified atom stereocenters. The average molecular weight is 252 g/mol. The van der Waals surface area contributed by atoms with E-state index in [1.54, 1.807) is 21.3 Å². The number of methoxy groups -OCH3 is 3. The van der Waals surface area contributed by atoms with Crippen LogP contribution in [0, 0.1) is 0 Å². The Morgan fingerprint density at radius 1 is 1.17 bits per heavy atom. The molecule has 0 bridgehead atoms. The highest BCUT2D eigenvalue weighted by Crippen LogP contribution is 2.49. The van der Waals surface area contributed by atoms with Crippen LogP contribution in [0.15, 0.2) is 6.07 Å². The number of rotatable bonds is 5. The second-order valence-electron chi connectivity index (χ2n) is 4.45. The third-order valence-corrected chi connectivity index (χ3v) is 3.63. The number of hydrogen-bond acceptors (Lipinski definition) is 4. The lowest BCUT2D eigenvalue weighted by Crippen LogP contribution is -2.03. The molecule has 1 N–H and O–H groups in total. The molecule has 0 aliphatic heterocycles. The predicted molar refractivity (Wildman–Crippen MR) is 68.9 cm³/mol. The fraction of sp³-hybridized carbons (Fsp3) is 0.571. The monoisotopic (exact) mass is 252 g/mol. The summed E-state index contributed by atoms with van der Waals surface area (Å²) in [5.74, 6) is 2.65. The molecule has 0 amide bonds. The third-order valence-electron chi connectivity index (χ3n) is 3.63. The summed E-state index contributed by atoms with van der Waals surface area (Å²) < 4.78 is 16.3. The topological polar surface area (TPSA) is 47.9 Å². The fourth-order valence-corrected chi connectivity index (χ4v) is 2.82. The Kier molecular flexibility index (Phi) is 3.97. The molecular weight excluding hydrogens is 232 g/mol. The molecule has 0 heterocycles. The molecule has 0 saturated heterocycles. The van der Waals surface area contributed by atoms with Crippen molar-refractivity contribution in [3.63, 3.8) is 0 Å². The van der Waals surface area contributed by atoms with Gasteiger partial charge in [-0.1, -0.05) is 0 Å². The second kappa shape index (κ2) is 5.48. The molecule has 4 nitrogen and oxygen atoms in total. The van der Waals surface area contributed by atoms with Gasteiger partial charge in [-0.15, -0.1) is 0 Å². The number of hydrogen-bond donors (Lipinski definition) is 1. The van der Waals surface area contributed by atoms with Gasteiger partial charge in [-0.05, 0) is 25.2 Å². The van der Waals surface area contributed by atoms with Gasteiger partial charge in [-0.3, -0.25) is 0 Å². The summed E-state index contributed by atoms with van der Waals surface area (Å²) in [4.78, 5) is 0. The molecular formula is C14H20O4. The van der Waals surface area contributed by atoms with Crippen molar-refractivity contribution in [1.29, 1.82) is 0 Å². The average Bonchev–Trinajstić information content (AvgIpc) is 2.81. The van der Waals surface area contributed by atoms with Gasteiger partial charge in [0.1, 0.15) is 5.75 Å². The van der Waals surface area contributed by atoms with Gasteiger partial charge in [0.25, 0.3) is 0 Å². The van der Waals surface area contributed by atoms with Crippen molar-refractivity contribution in [3.05, 3.63) is 17.2 Å². The van der Waals surface area contributed by atoms with Gasteiger partial charge in [0.05, 0.1) is 21.3 Å². The van der Waals surface area contributed by atoms with Crippen LogP contribution >= 0.6 is 0 Å². The first-order valence-corrected chi connectivity index (χ1v) is 6.19. The number of aliphatic hydroxyl groups is 1. The zero-order chi connectivity index (χ0) is 13.1. The Balaban J connectivity index is 2.56. The van der Waals surface area contributed by atoms with Gasteiger partial charge >= 0.3 is 0 Å². The molecule has 4 heteroatoms. The van der Waals surface area contributed by atoms with E-state index in [2.05, 4.69) is 0 Å². The molecule has 1 aliphatic rings. The minimum atomic E-state index is 0.187. The molecule has 18 heavy (non-hydrogen) atoms. The SMILES string of the molecule is COc1cc(OC)c(OC)c2c1CCC2CCO. The van der Waals surface area contributed by atoms with Crippen molar-refractivity contribution in [1.82, 2.24) is 0 Å². The fourth-order valence-electron chi connectivity index (χ4n) is 2.82. The molecule has 2 rings (SSSR count). The van der Waals surface area contributed by atoms with E-state index in [4.69, 9.17) is 19.3 Å². The van der Waals surface area contributed by atoms with Gasteiger partial charge in [-0.2, -0.15) is 0 Å². The van der Waals surface area contributed by atoms with Crippen molar-refractivity contribution >= 4 is 0 Å². The van der Waals surface area contributed by atoms with Crippen LogP contribution in [0.1, 0.15) is 29.9 Å². The van der Waals surface area contributed by atoms with Crippen molar-refractivity contribution < 1.29 is 19.3 Å². The molecule has 0 aromatic heterocycles. The Morgan fingerprint density at radius 3 is 2.44 bits per heavy atom. The first kappa shape index (κ1) is 13.0. The number of ether oxygens (including phenoxy) is 3. The first-order chi connectivity index (χ1) is 8.76. The van der Waals surface area contributed by atoms with Crippen LogP contribution in [0.5, 0.6) is 17.2 Å². The highest BCUT2D eigenvalue weighted by molar-refractivity contribution is 5.60. The van der Waals surface area contributed by atoms with Crippen molar-refractivity contribution in [3.8, 4) is 17.2 Å². The van der Waals surface area contributed by atoms with E-state index in [1.165, 1.54) is 5.56 Å². The normalized spacial score (nSPS) is 17.4. The molecule has 100 valence electrons. The molecule has 1 aromatic rings. The highest BCUT2D eigenvalue weighted by Gasteiger charge is 2.31. The van der Waals surface area contributed by atoms with E-state index in [1.807, 2.05) is 6.07 Å². The predicted octanol–water partition coefficient (Wildman–Crippen LogP) is 2.12. The van der Waals surface area contributed by atoms with Crippen molar-refractivity contribution in [2.75, 3.05) is 27.9 Å². The van der Waals surface area contributed by atoms with Crippen LogP contribution in [0.25, 0.3) is 0 Å². The standard InChI is InChI=1S/C14H20O4/c1-16-11-8-12(17-2)14(18-3)13-9(6-7-15)4-5-10(11)13/h8-9,15H,4-7H2,1-3H3. The lowest BCUT2D eigenvalue weighted by molar-refractivity contribution is 0.273. The van der Waals surface area contributed by atoms with E-state index < -0.39 is 0 Å². The van der Waals surface area contributed by atoms with E-state index in [0.717, 1.165) is 36.3 Å². The lowest BCUT2D eigenvalue weighted by atomic mass is 9.96. The zero-order valence-electron chi connectivity index (χ0n) is 11.2. The number of aliphatic hydroxyl groups excluding tert-OH is 1. The Labute approximate surface area is 107 Å². The third kappa shape index (κ3) is 2.01. The van der Waals surface area contributed by atoms with Gasteiger partial charge in [-0.25, -0.2) is 0 Å². The van der Waals surface area contributed by atoms with Crippen molar-refractivity contribution in [2.45, 2.75) is 25.2 Å². The van der Waals surface area contributed by atoms with Gasteiger partial charge in [0.2, 0.25) is 0 Å². The van der Waals surface area contributed by atoms with Crippen LogP contribution in [0.2, 0.25) is 0 Å². The van der Waals surface area contributed by atoms with Gasteiger partial charge in [0, 0.05) is 23.8 Å². The van der Waals surface area contributed by atoms with Gasteiger partial charge in [0.15, 0.2) is 11.5 Å². The summed E-state index contributed by atoms with van der Waals surface area (Å²) in [6, 6.07) is 1.87. The molecule has 0 radical (unpaired) electrons. The van der Waals surface area contributed by atoms with Crippen LogP contribution in [0.4, 0.5) is 0 Å². The first-order valence-electron chi connectivity index (χ1n) is 6.19. The van der Waals surface area contributed by atoms with Crippen LogP contribution in [-0.4, -0.2) is 33.0 Å². The van der Waals surface area contributed by atoms with Crippen LogP contribution in [0.3, 0.4) is 0 Å². The number of fused-ring (bicyclic) bond motifs is 1. The van der Waals surface area contributed by atoms with Crippen LogP contribution < -0.4 is 14.2 Å².